The van der Waals surface area contributed by atoms with Gasteiger partial charge in [0, 0.05) is 5.75 Å². The molecule has 1 aliphatic heterocycles. The standard InChI is InChI=1S/C3H4OS/c1-2-5-3-4-1/h1,3H,2H2. The van der Waals surface area contributed by atoms with Crippen LogP contribution in [0, 0.1) is 12.5 Å². The number of hydrogen-bond donors (Lipinski definition) is 0. The van der Waals surface area contributed by atoms with E-state index in [9.17, 15) is 0 Å². The summed E-state index contributed by atoms with van der Waals surface area (Å²) in [4.78, 5) is 0. The second-order valence-corrected chi connectivity index (χ2v) is 1.59. The quantitative estimate of drug-likeness (QED) is 0.437. The van der Waals surface area contributed by atoms with Gasteiger partial charge in [0.1, 0.15) is 5.94 Å². The van der Waals surface area contributed by atoms with Gasteiger partial charge in [-0.1, -0.05) is 0 Å². The van der Waals surface area contributed by atoms with Gasteiger partial charge in [-0.2, -0.15) is 0 Å². The Morgan fingerprint density at radius 3 is 3.00 bits per heavy atom. The van der Waals surface area contributed by atoms with Gasteiger partial charge in [-0.05, 0) is 0 Å². The fourth-order valence-electron chi connectivity index (χ4n) is 0.196. The highest BCUT2D eigenvalue weighted by Crippen LogP contribution is 2.15. The summed E-state index contributed by atoms with van der Waals surface area (Å²) in [6.07, 6.45) is 0. The zero-order chi connectivity index (χ0) is 3.54. The van der Waals surface area contributed by atoms with Crippen molar-refractivity contribution in [1.29, 1.82) is 0 Å². The van der Waals surface area contributed by atoms with Crippen LogP contribution in [0.4, 0.5) is 0 Å². The zero-order valence-electron chi connectivity index (χ0n) is 2.68. The average molecular weight is 88.1 g/mol. The molecule has 1 fully saturated rings. The second kappa shape index (κ2) is 1.67. The lowest BCUT2D eigenvalue weighted by Crippen LogP contribution is -1.64. The molecule has 2 radical (unpaired) electrons. The van der Waals surface area contributed by atoms with Crippen molar-refractivity contribution in [2.45, 2.75) is 0 Å². The molecule has 1 saturated heterocycles. The van der Waals surface area contributed by atoms with Crippen molar-refractivity contribution < 1.29 is 4.74 Å². The summed E-state index contributed by atoms with van der Waals surface area (Å²) in [5.41, 5.74) is 0. The van der Waals surface area contributed by atoms with E-state index in [1.165, 1.54) is 0 Å². The maximum atomic E-state index is 4.66. The van der Waals surface area contributed by atoms with E-state index in [2.05, 4.69) is 4.74 Å². The van der Waals surface area contributed by atoms with Crippen LogP contribution in [0.2, 0.25) is 0 Å². The summed E-state index contributed by atoms with van der Waals surface area (Å²) in [5, 5.41) is 0. The summed E-state index contributed by atoms with van der Waals surface area (Å²) >= 11 is 1.67. The Kier molecular flexibility index (Phi) is 1.17. The van der Waals surface area contributed by atoms with E-state index >= 15 is 0 Å². The molecule has 0 aliphatic carbocycles. The Labute approximate surface area is 35.7 Å². The molecule has 1 rings (SSSR count). The van der Waals surface area contributed by atoms with Gasteiger partial charge >= 0.3 is 0 Å². The van der Waals surface area contributed by atoms with Gasteiger partial charge in [-0.3, -0.25) is 0 Å². The van der Waals surface area contributed by atoms with E-state index in [1.54, 1.807) is 24.3 Å². The van der Waals surface area contributed by atoms with Crippen LogP contribution in [-0.2, 0) is 4.74 Å². The molecule has 0 aromatic rings. The predicted octanol–water partition coefficient (Wildman–Crippen LogP) is 1.03. The van der Waals surface area contributed by atoms with Crippen molar-refractivity contribution in [2.24, 2.45) is 0 Å². The molecule has 0 atom stereocenters. The predicted molar refractivity (Wildman–Crippen MR) is 22.1 cm³/mol. The first kappa shape index (κ1) is 3.50. The Morgan fingerprint density at radius 1 is 1.80 bits per heavy atom. The fourth-order valence-corrected chi connectivity index (χ4v) is 0.589. The Morgan fingerprint density at radius 2 is 2.80 bits per heavy atom. The molecule has 1 aliphatic rings. The van der Waals surface area contributed by atoms with Crippen molar-refractivity contribution in [3.8, 4) is 0 Å². The third kappa shape index (κ3) is 0.816. The summed E-state index contributed by atoms with van der Waals surface area (Å²) in [6, 6.07) is 0. The summed E-state index contributed by atoms with van der Waals surface area (Å²) in [5.74, 6) is 2.74. The first-order valence-corrected chi connectivity index (χ1v) is 2.45. The highest BCUT2D eigenvalue weighted by atomic mass is 32.2. The van der Waals surface area contributed by atoms with E-state index in [0.717, 1.165) is 5.75 Å². The molecule has 1 nitrogen and oxygen atoms in total. The highest BCUT2D eigenvalue weighted by Gasteiger charge is 1.97. The lowest BCUT2D eigenvalue weighted by molar-refractivity contribution is 0.336. The maximum Gasteiger partial charge on any atom is 0.139 e. The molecule has 0 aromatic carbocycles. The van der Waals surface area contributed by atoms with Crippen molar-refractivity contribution in [2.75, 3.05) is 5.75 Å². The van der Waals surface area contributed by atoms with Crippen molar-refractivity contribution >= 4 is 11.8 Å². The molecule has 0 unspecified atom stereocenters. The van der Waals surface area contributed by atoms with Crippen LogP contribution in [0.1, 0.15) is 0 Å². The van der Waals surface area contributed by atoms with Crippen LogP contribution >= 0.6 is 11.8 Å². The van der Waals surface area contributed by atoms with Crippen LogP contribution in [0.15, 0.2) is 0 Å². The second-order valence-electron chi connectivity index (χ2n) is 0.732. The van der Waals surface area contributed by atoms with E-state index in [1.807, 2.05) is 0 Å². The van der Waals surface area contributed by atoms with Gasteiger partial charge in [-0.15, -0.1) is 11.8 Å². The molecule has 0 amide bonds. The van der Waals surface area contributed by atoms with Crippen molar-refractivity contribution in [1.82, 2.24) is 0 Å². The van der Waals surface area contributed by atoms with Crippen LogP contribution in [0.25, 0.3) is 0 Å². The number of rotatable bonds is 0. The molecule has 0 saturated carbocycles. The molecule has 0 aromatic heterocycles. The maximum absolute atomic E-state index is 4.66. The Bertz CT molecular complexity index is 18.5. The summed E-state index contributed by atoms with van der Waals surface area (Å²) < 4.78 is 4.66. The van der Waals surface area contributed by atoms with E-state index in [0.29, 0.717) is 0 Å². The first-order valence-electron chi connectivity index (χ1n) is 1.40. The van der Waals surface area contributed by atoms with Gasteiger partial charge in [0.15, 0.2) is 0 Å². The van der Waals surface area contributed by atoms with Crippen molar-refractivity contribution in [3.63, 3.8) is 0 Å². The van der Waals surface area contributed by atoms with E-state index in [-0.39, 0.29) is 0 Å². The largest absolute Gasteiger partial charge is 0.357 e. The zero-order valence-corrected chi connectivity index (χ0v) is 3.49. The molecule has 2 heteroatoms. The molecule has 28 valence electrons. The van der Waals surface area contributed by atoms with Gasteiger partial charge in [-0.25, -0.2) is 0 Å². The van der Waals surface area contributed by atoms with E-state index < -0.39 is 0 Å². The van der Waals surface area contributed by atoms with Gasteiger partial charge in [0.2, 0.25) is 0 Å². The summed E-state index contributed by atoms with van der Waals surface area (Å²) in [7, 11) is 0. The van der Waals surface area contributed by atoms with Crippen LogP contribution < -0.4 is 0 Å². The molecule has 1 heterocycles. The highest BCUT2D eigenvalue weighted by molar-refractivity contribution is 8.01. The number of thioether (sulfide) groups is 1. The molecule has 0 spiro atoms. The minimum Gasteiger partial charge on any atom is -0.357 e. The van der Waals surface area contributed by atoms with Gasteiger partial charge in [0.05, 0.1) is 6.61 Å². The van der Waals surface area contributed by atoms with Gasteiger partial charge < -0.3 is 4.74 Å². The fraction of sp³-hybridized carbons (Fsp3) is 0.333. The normalized spacial score (nSPS) is 24.0. The Balaban J connectivity index is 2.08. The SMILES string of the molecule is [CH]1CS[CH]O1. The molecular weight excluding hydrogens is 84.1 g/mol. The molecular formula is C3H4OS. The smallest absolute Gasteiger partial charge is 0.139 e. The average Bonchev–Trinajstić information content (AvgIpc) is 1.76. The summed E-state index contributed by atoms with van der Waals surface area (Å²) in [6.45, 7) is 1.77. The lowest BCUT2D eigenvalue weighted by Gasteiger charge is -1.72. The van der Waals surface area contributed by atoms with Crippen LogP contribution in [0.5, 0.6) is 0 Å². The molecule has 5 heavy (non-hydrogen) atoms. The third-order valence-corrected chi connectivity index (χ3v) is 0.960. The minimum absolute atomic E-state index is 1.01. The van der Waals surface area contributed by atoms with Gasteiger partial charge in [0.25, 0.3) is 0 Å². The molecule has 0 N–H and O–H groups in total. The number of hydrogen-bond acceptors (Lipinski definition) is 2. The first-order chi connectivity index (χ1) is 2.50. The monoisotopic (exact) mass is 88.0 g/mol. The Hall–Kier alpha value is 0.310. The number of ether oxygens (including phenoxy) is 1. The van der Waals surface area contributed by atoms with Crippen molar-refractivity contribution in [3.05, 3.63) is 12.5 Å². The van der Waals surface area contributed by atoms with Crippen LogP contribution in [-0.4, -0.2) is 5.75 Å². The topological polar surface area (TPSA) is 9.23 Å². The third-order valence-electron chi connectivity index (χ3n) is 0.384. The minimum atomic E-state index is 1.01. The van der Waals surface area contributed by atoms with Crippen LogP contribution in [0.3, 0.4) is 0 Å². The molecule has 0 bridgehead atoms. The van der Waals surface area contributed by atoms with E-state index in [4.69, 9.17) is 0 Å². The lowest BCUT2D eigenvalue weighted by atomic mass is 10.9.